The van der Waals surface area contributed by atoms with Crippen LogP contribution in [-0.2, 0) is 0 Å². The molecular formula is C24H30Si2. The zero-order valence-corrected chi connectivity index (χ0v) is 19.2. The number of rotatable bonds is 0. The van der Waals surface area contributed by atoms with Gasteiger partial charge in [-0.2, -0.15) is 0 Å². The van der Waals surface area contributed by atoms with Gasteiger partial charge < -0.3 is 0 Å². The molecule has 0 unspecified atom stereocenters. The molecule has 4 bridgehead atoms. The summed E-state index contributed by atoms with van der Waals surface area (Å²) in [5.41, 5.74) is 8.31. The molecule has 0 aromatic heterocycles. The molecule has 0 saturated heterocycles. The van der Waals surface area contributed by atoms with Crippen molar-refractivity contribution in [2.75, 3.05) is 0 Å². The predicted octanol–water partition coefficient (Wildman–Crippen LogP) is 5.10. The van der Waals surface area contributed by atoms with E-state index < -0.39 is 16.1 Å². The van der Waals surface area contributed by atoms with Crippen LogP contribution in [0.4, 0.5) is 0 Å². The summed E-state index contributed by atoms with van der Waals surface area (Å²) < 4.78 is 0. The van der Waals surface area contributed by atoms with Crippen LogP contribution in [0.25, 0.3) is 0 Å². The molecule has 0 heterocycles. The average Bonchev–Trinajstić information content (AvgIpc) is 2.31. The van der Waals surface area contributed by atoms with Crippen molar-refractivity contribution in [2.45, 2.75) is 77.8 Å². The third kappa shape index (κ3) is 3.20. The Hall–Kier alpha value is -1.33. The monoisotopic (exact) mass is 374 g/mol. The standard InChI is InChI=1S/C24H30Si2/c1-25(2,3)13-11-23-15-21(16-23,17-23)9-7-8-10-22-18-24(19-22,20-22)12-14-26(4,5)6/h15-20H2,1-6H3. The molecule has 134 valence electrons. The highest BCUT2D eigenvalue weighted by atomic mass is 28.3. The van der Waals surface area contributed by atoms with Crippen LogP contribution in [0, 0.1) is 68.3 Å². The maximum Gasteiger partial charge on any atom is 0.129 e. The van der Waals surface area contributed by atoms with Crippen molar-refractivity contribution >= 4 is 16.1 Å². The van der Waals surface area contributed by atoms with Crippen molar-refractivity contribution < 1.29 is 0 Å². The molecule has 6 aliphatic carbocycles. The van der Waals surface area contributed by atoms with Crippen LogP contribution < -0.4 is 0 Å². The molecule has 0 aliphatic heterocycles. The SMILES string of the molecule is C[Si](C)(C)C#CC12CC(C#CC#CC34CC(C#C[Si](C)(C)C)(C3)C4)(C1)C2. The molecule has 6 rings (SSSR count). The molecule has 0 aromatic rings. The Balaban J connectivity index is 1.28. The molecule has 0 amide bonds. The lowest BCUT2D eigenvalue weighted by atomic mass is 9.35. The minimum Gasteiger partial charge on any atom is -0.131 e. The van der Waals surface area contributed by atoms with Gasteiger partial charge in [0, 0.05) is 21.7 Å². The quantitative estimate of drug-likeness (QED) is 0.409. The van der Waals surface area contributed by atoms with Crippen LogP contribution in [0.3, 0.4) is 0 Å². The van der Waals surface area contributed by atoms with Crippen LogP contribution in [0.15, 0.2) is 0 Å². The van der Waals surface area contributed by atoms with Crippen molar-refractivity contribution in [3.8, 4) is 46.6 Å². The molecule has 6 fully saturated rings. The minimum absolute atomic E-state index is 0.270. The van der Waals surface area contributed by atoms with E-state index in [1.54, 1.807) is 0 Å². The van der Waals surface area contributed by atoms with Gasteiger partial charge in [0.1, 0.15) is 16.1 Å². The lowest BCUT2D eigenvalue weighted by molar-refractivity contribution is -0.113. The highest BCUT2D eigenvalue weighted by Gasteiger charge is 2.67. The third-order valence-electron chi connectivity index (χ3n) is 6.18. The Morgan fingerprint density at radius 1 is 0.462 bits per heavy atom. The Morgan fingerprint density at radius 2 is 0.731 bits per heavy atom. The lowest BCUT2D eigenvalue weighted by Crippen LogP contribution is -2.60. The van der Waals surface area contributed by atoms with E-state index in [1.807, 2.05) is 0 Å². The Bertz CT molecular complexity index is 789. The summed E-state index contributed by atoms with van der Waals surface area (Å²) in [4.78, 5) is 0. The largest absolute Gasteiger partial charge is 0.131 e. The van der Waals surface area contributed by atoms with Gasteiger partial charge >= 0.3 is 0 Å². The first kappa shape index (κ1) is 18.1. The molecule has 0 aromatic carbocycles. The zero-order valence-electron chi connectivity index (χ0n) is 17.2. The highest BCUT2D eigenvalue weighted by Crippen LogP contribution is 2.73. The molecule has 0 N–H and O–H groups in total. The second kappa shape index (κ2) is 5.14. The summed E-state index contributed by atoms with van der Waals surface area (Å²) in [7, 11) is -2.49. The van der Waals surface area contributed by atoms with Crippen molar-refractivity contribution in [1.29, 1.82) is 0 Å². The predicted molar refractivity (Wildman–Crippen MR) is 115 cm³/mol. The molecule has 26 heavy (non-hydrogen) atoms. The summed E-state index contributed by atoms with van der Waals surface area (Å²) in [6.45, 7) is 13.9. The average molecular weight is 375 g/mol. The molecular weight excluding hydrogens is 344 g/mol. The van der Waals surface area contributed by atoms with E-state index in [1.165, 1.54) is 38.5 Å². The smallest absolute Gasteiger partial charge is 0.129 e. The van der Waals surface area contributed by atoms with Gasteiger partial charge in [0.15, 0.2) is 0 Å². The number of hydrogen-bond donors (Lipinski definition) is 0. The first-order chi connectivity index (χ1) is 11.9. The van der Waals surface area contributed by atoms with Crippen LogP contribution in [0.1, 0.15) is 38.5 Å². The van der Waals surface area contributed by atoms with Crippen LogP contribution in [0.5, 0.6) is 0 Å². The second-order valence-electron chi connectivity index (χ2n) is 11.7. The number of hydrogen-bond acceptors (Lipinski definition) is 0. The highest BCUT2D eigenvalue weighted by molar-refractivity contribution is 6.84. The summed E-state index contributed by atoms with van der Waals surface area (Å²) >= 11 is 0. The molecule has 2 heteroatoms. The molecule has 6 saturated carbocycles. The summed E-state index contributed by atoms with van der Waals surface area (Å²) in [6, 6.07) is 0. The summed E-state index contributed by atoms with van der Waals surface area (Å²) in [5.74, 6) is 20.5. The van der Waals surface area contributed by atoms with Gasteiger partial charge in [-0.05, 0) is 50.4 Å². The van der Waals surface area contributed by atoms with E-state index in [4.69, 9.17) is 0 Å². The van der Waals surface area contributed by atoms with Crippen molar-refractivity contribution in [2.24, 2.45) is 21.7 Å². The van der Waals surface area contributed by atoms with E-state index in [0.29, 0.717) is 10.8 Å². The van der Waals surface area contributed by atoms with Crippen LogP contribution in [0.2, 0.25) is 39.3 Å². The normalized spacial score (nSPS) is 40.7. The molecule has 0 atom stereocenters. The Labute approximate surface area is 162 Å². The van der Waals surface area contributed by atoms with Gasteiger partial charge in [-0.25, -0.2) is 0 Å². The fourth-order valence-electron chi connectivity index (χ4n) is 5.07. The topological polar surface area (TPSA) is 0 Å². The second-order valence-corrected chi connectivity index (χ2v) is 21.2. The van der Waals surface area contributed by atoms with E-state index >= 15 is 0 Å². The Kier molecular flexibility index (Phi) is 3.57. The van der Waals surface area contributed by atoms with Crippen LogP contribution in [-0.4, -0.2) is 16.1 Å². The van der Waals surface area contributed by atoms with Crippen LogP contribution >= 0.6 is 0 Å². The minimum atomic E-state index is -1.24. The molecule has 0 radical (unpaired) electrons. The van der Waals surface area contributed by atoms with Crippen molar-refractivity contribution in [3.05, 3.63) is 0 Å². The van der Waals surface area contributed by atoms with E-state index in [2.05, 4.69) is 85.9 Å². The van der Waals surface area contributed by atoms with E-state index in [9.17, 15) is 0 Å². The van der Waals surface area contributed by atoms with E-state index in [0.717, 1.165) is 0 Å². The first-order valence-electron chi connectivity index (χ1n) is 9.99. The molecule has 0 nitrogen and oxygen atoms in total. The maximum atomic E-state index is 3.59. The van der Waals surface area contributed by atoms with Crippen molar-refractivity contribution in [3.63, 3.8) is 0 Å². The van der Waals surface area contributed by atoms with Gasteiger partial charge in [0.2, 0.25) is 0 Å². The fourth-order valence-corrected chi connectivity index (χ4v) is 6.35. The third-order valence-corrected chi connectivity index (χ3v) is 7.93. The van der Waals surface area contributed by atoms with Gasteiger partial charge in [0.25, 0.3) is 0 Å². The van der Waals surface area contributed by atoms with E-state index in [-0.39, 0.29) is 10.8 Å². The summed E-state index contributed by atoms with van der Waals surface area (Å²) in [5, 5.41) is 0. The first-order valence-corrected chi connectivity index (χ1v) is 17.0. The Morgan fingerprint density at radius 3 is 1.00 bits per heavy atom. The van der Waals surface area contributed by atoms with Crippen molar-refractivity contribution in [1.82, 2.24) is 0 Å². The van der Waals surface area contributed by atoms with Gasteiger partial charge in [-0.15, -0.1) is 22.9 Å². The van der Waals surface area contributed by atoms with Gasteiger partial charge in [-0.1, -0.05) is 51.1 Å². The molecule has 0 spiro atoms. The molecule has 6 aliphatic rings. The maximum absolute atomic E-state index is 3.59. The van der Waals surface area contributed by atoms with Gasteiger partial charge in [-0.3, -0.25) is 0 Å². The zero-order chi connectivity index (χ0) is 18.9. The lowest BCUT2D eigenvalue weighted by Gasteiger charge is -2.66. The fraction of sp³-hybridized carbons (Fsp3) is 0.667. The van der Waals surface area contributed by atoms with Gasteiger partial charge in [0.05, 0.1) is 0 Å². The summed E-state index contributed by atoms with van der Waals surface area (Å²) in [6.07, 6.45) is 7.12.